The lowest BCUT2D eigenvalue weighted by Crippen LogP contribution is -2.47. The minimum atomic E-state index is -0.428. The highest BCUT2D eigenvalue weighted by molar-refractivity contribution is 5.23. The van der Waals surface area contributed by atoms with Crippen molar-refractivity contribution in [1.29, 1.82) is 0 Å². The predicted molar refractivity (Wildman–Crippen MR) is 69.2 cm³/mol. The maximum Gasteiger partial charge on any atom is 0.147 e. The van der Waals surface area contributed by atoms with Gasteiger partial charge >= 0.3 is 0 Å². The number of ether oxygens (including phenoxy) is 2. The molecule has 0 amide bonds. The Morgan fingerprint density at radius 2 is 2.17 bits per heavy atom. The van der Waals surface area contributed by atoms with E-state index in [4.69, 9.17) is 9.47 Å². The average molecular weight is 251 g/mol. The van der Waals surface area contributed by atoms with E-state index >= 15 is 0 Å². The van der Waals surface area contributed by atoms with Gasteiger partial charge in [-0.15, -0.1) is 0 Å². The highest BCUT2D eigenvalue weighted by Gasteiger charge is 2.26. The Morgan fingerprint density at radius 3 is 2.78 bits per heavy atom. The summed E-state index contributed by atoms with van der Waals surface area (Å²) >= 11 is 0. The molecule has 0 bridgehead atoms. The number of hydrogen-bond donors (Lipinski definition) is 2. The molecule has 1 fully saturated rings. The topological polar surface area (TPSA) is 50.7 Å². The first kappa shape index (κ1) is 13.5. The maximum atomic E-state index is 9.64. The second-order valence-electron chi connectivity index (χ2n) is 4.84. The third-order valence-electron chi connectivity index (χ3n) is 3.42. The van der Waals surface area contributed by atoms with Crippen LogP contribution >= 0.6 is 0 Å². The van der Waals surface area contributed by atoms with Crippen molar-refractivity contribution in [1.82, 2.24) is 5.32 Å². The van der Waals surface area contributed by atoms with Crippen molar-refractivity contribution in [3.63, 3.8) is 0 Å². The molecule has 4 heteroatoms. The Bertz CT molecular complexity index is 351. The molecule has 0 aliphatic carbocycles. The van der Waals surface area contributed by atoms with Crippen LogP contribution in [0.1, 0.15) is 18.9 Å². The molecule has 0 radical (unpaired) electrons. The molecule has 2 atom stereocenters. The Morgan fingerprint density at radius 1 is 1.39 bits per heavy atom. The van der Waals surface area contributed by atoms with Crippen LogP contribution in [0.5, 0.6) is 0 Å². The van der Waals surface area contributed by atoms with E-state index in [1.165, 1.54) is 0 Å². The van der Waals surface area contributed by atoms with Crippen molar-refractivity contribution in [2.24, 2.45) is 0 Å². The molecule has 100 valence electrons. The molecule has 1 heterocycles. The van der Waals surface area contributed by atoms with E-state index in [2.05, 4.69) is 5.32 Å². The van der Waals surface area contributed by atoms with Crippen LogP contribution in [0.2, 0.25) is 0 Å². The first-order chi connectivity index (χ1) is 8.74. The Labute approximate surface area is 108 Å². The number of hydrogen-bond acceptors (Lipinski definition) is 4. The second kappa shape index (κ2) is 6.29. The lowest BCUT2D eigenvalue weighted by Gasteiger charge is -2.32. The number of rotatable bonds is 5. The van der Waals surface area contributed by atoms with Crippen LogP contribution in [-0.2, 0) is 15.0 Å². The molecular formula is C14H21NO3. The maximum absolute atomic E-state index is 9.64. The van der Waals surface area contributed by atoms with Gasteiger partial charge in [0.2, 0.25) is 0 Å². The molecule has 2 N–H and O–H groups in total. The summed E-state index contributed by atoms with van der Waals surface area (Å²) in [5.41, 5.74) is 0.655. The van der Waals surface area contributed by atoms with Gasteiger partial charge in [0.15, 0.2) is 0 Å². The summed E-state index contributed by atoms with van der Waals surface area (Å²) in [6.45, 7) is 3.89. The second-order valence-corrected chi connectivity index (χ2v) is 4.84. The van der Waals surface area contributed by atoms with Gasteiger partial charge < -0.3 is 19.9 Å². The summed E-state index contributed by atoms with van der Waals surface area (Å²) in [5.74, 6) is 0. The van der Waals surface area contributed by atoms with E-state index in [1.807, 2.05) is 37.3 Å². The van der Waals surface area contributed by atoms with Crippen LogP contribution in [0.3, 0.4) is 0 Å². The molecule has 2 rings (SSSR count). The van der Waals surface area contributed by atoms with Crippen LogP contribution in [0, 0.1) is 0 Å². The Balaban J connectivity index is 1.95. The zero-order chi connectivity index (χ0) is 12.8. The summed E-state index contributed by atoms with van der Waals surface area (Å²) in [5, 5.41) is 13.0. The fourth-order valence-corrected chi connectivity index (χ4v) is 2.06. The lowest BCUT2D eigenvalue weighted by atomic mass is 9.92. The Kier molecular flexibility index (Phi) is 4.72. The molecule has 4 nitrogen and oxygen atoms in total. The van der Waals surface area contributed by atoms with E-state index in [9.17, 15) is 5.11 Å². The summed E-state index contributed by atoms with van der Waals surface area (Å²) < 4.78 is 10.6. The number of benzene rings is 1. The highest BCUT2D eigenvalue weighted by Crippen LogP contribution is 2.20. The zero-order valence-corrected chi connectivity index (χ0v) is 10.8. The standard InChI is InChI=1S/C14H21NO3/c1-14(10-16,12-5-3-2-4-6-12)15-9-13-7-8-17-11-18-13/h2-6,13,15-16H,7-11H2,1H3. The lowest BCUT2D eigenvalue weighted by molar-refractivity contribution is -0.138. The third kappa shape index (κ3) is 3.29. The minimum absolute atomic E-state index is 0.0558. The highest BCUT2D eigenvalue weighted by atomic mass is 16.7. The van der Waals surface area contributed by atoms with Crippen LogP contribution in [0.15, 0.2) is 30.3 Å². The monoisotopic (exact) mass is 251 g/mol. The summed E-state index contributed by atoms with van der Waals surface area (Å²) in [4.78, 5) is 0. The van der Waals surface area contributed by atoms with Gasteiger partial charge in [-0.2, -0.15) is 0 Å². The van der Waals surface area contributed by atoms with Crippen LogP contribution in [-0.4, -0.2) is 37.8 Å². The number of aliphatic hydroxyl groups excluding tert-OH is 1. The van der Waals surface area contributed by atoms with Crippen molar-refractivity contribution in [2.45, 2.75) is 25.0 Å². The number of nitrogens with one attached hydrogen (secondary N) is 1. The van der Waals surface area contributed by atoms with Crippen LogP contribution in [0.25, 0.3) is 0 Å². The largest absolute Gasteiger partial charge is 0.394 e. The molecule has 1 aliphatic rings. The van der Waals surface area contributed by atoms with Gasteiger partial charge in [-0.05, 0) is 18.9 Å². The van der Waals surface area contributed by atoms with E-state index < -0.39 is 5.54 Å². The van der Waals surface area contributed by atoms with Crippen molar-refractivity contribution in [3.8, 4) is 0 Å². The molecule has 0 aromatic heterocycles. The van der Waals surface area contributed by atoms with E-state index in [-0.39, 0.29) is 12.7 Å². The van der Waals surface area contributed by atoms with Crippen LogP contribution in [0.4, 0.5) is 0 Å². The number of aliphatic hydroxyl groups is 1. The average Bonchev–Trinajstić information content (AvgIpc) is 2.47. The fourth-order valence-electron chi connectivity index (χ4n) is 2.06. The van der Waals surface area contributed by atoms with E-state index in [0.29, 0.717) is 6.79 Å². The zero-order valence-electron chi connectivity index (χ0n) is 10.8. The van der Waals surface area contributed by atoms with Crippen molar-refractivity contribution >= 4 is 0 Å². The molecule has 2 unspecified atom stereocenters. The van der Waals surface area contributed by atoms with Crippen molar-refractivity contribution in [2.75, 3.05) is 26.6 Å². The fraction of sp³-hybridized carbons (Fsp3) is 0.571. The van der Waals surface area contributed by atoms with Gasteiger partial charge in [-0.25, -0.2) is 0 Å². The van der Waals surface area contributed by atoms with Gasteiger partial charge in [0.05, 0.1) is 24.9 Å². The Hall–Kier alpha value is -0.940. The molecule has 1 aromatic rings. The molecule has 1 aliphatic heterocycles. The third-order valence-corrected chi connectivity index (χ3v) is 3.42. The molecule has 1 aromatic carbocycles. The van der Waals surface area contributed by atoms with Gasteiger partial charge in [0, 0.05) is 6.54 Å². The summed E-state index contributed by atoms with van der Waals surface area (Å²) in [7, 11) is 0. The van der Waals surface area contributed by atoms with Crippen molar-refractivity contribution in [3.05, 3.63) is 35.9 Å². The summed E-state index contributed by atoms with van der Waals surface area (Å²) in [6.07, 6.45) is 1.05. The van der Waals surface area contributed by atoms with Crippen LogP contribution < -0.4 is 5.32 Å². The van der Waals surface area contributed by atoms with Gasteiger partial charge in [-0.1, -0.05) is 30.3 Å². The normalized spacial score (nSPS) is 23.6. The molecule has 0 saturated carbocycles. The van der Waals surface area contributed by atoms with E-state index in [1.54, 1.807) is 0 Å². The molecular weight excluding hydrogens is 230 g/mol. The van der Waals surface area contributed by atoms with Crippen molar-refractivity contribution < 1.29 is 14.6 Å². The first-order valence-electron chi connectivity index (χ1n) is 6.35. The first-order valence-corrected chi connectivity index (χ1v) is 6.35. The minimum Gasteiger partial charge on any atom is -0.394 e. The summed E-state index contributed by atoms with van der Waals surface area (Å²) in [6, 6.07) is 9.98. The smallest absolute Gasteiger partial charge is 0.147 e. The van der Waals surface area contributed by atoms with Gasteiger partial charge in [0.1, 0.15) is 6.79 Å². The predicted octanol–water partition coefficient (Wildman–Crippen LogP) is 1.25. The quantitative estimate of drug-likeness (QED) is 0.827. The molecule has 1 saturated heterocycles. The van der Waals surface area contributed by atoms with Gasteiger partial charge in [0.25, 0.3) is 0 Å². The van der Waals surface area contributed by atoms with E-state index in [0.717, 1.165) is 25.1 Å². The SMILES string of the molecule is CC(CO)(NCC1CCOCO1)c1ccccc1. The van der Waals surface area contributed by atoms with Gasteiger partial charge in [-0.3, -0.25) is 0 Å². The molecule has 18 heavy (non-hydrogen) atoms. The molecule has 0 spiro atoms.